The Labute approximate surface area is 135 Å². The Morgan fingerprint density at radius 1 is 1.19 bits per heavy atom. The highest BCUT2D eigenvalue weighted by atomic mass is 35.5. The second-order valence-corrected chi connectivity index (χ2v) is 7.59. The van der Waals surface area contributed by atoms with Gasteiger partial charge in [-0.3, -0.25) is 4.79 Å². The molecule has 0 aliphatic heterocycles. The molecular formula is C15H13ClN2OS2. The Kier molecular flexibility index (Phi) is 3.73. The Balaban J connectivity index is 2.14. The van der Waals surface area contributed by atoms with Gasteiger partial charge in [0, 0.05) is 7.05 Å². The summed E-state index contributed by atoms with van der Waals surface area (Å²) >= 11 is 8.63. The molecular weight excluding hydrogens is 324 g/mol. The lowest BCUT2D eigenvalue weighted by Crippen LogP contribution is -2.12. The third-order valence-corrected chi connectivity index (χ3v) is 5.72. The van der Waals surface area contributed by atoms with Crippen molar-refractivity contribution in [2.24, 2.45) is 12.0 Å². The Hall–Kier alpha value is -1.43. The molecule has 0 spiro atoms. The molecule has 0 atom stereocenters. The number of halogens is 1. The van der Waals surface area contributed by atoms with Crippen molar-refractivity contribution in [1.82, 2.24) is 4.57 Å². The molecule has 2 heterocycles. The van der Waals surface area contributed by atoms with Crippen molar-refractivity contribution >= 4 is 50.4 Å². The molecule has 0 bridgehead atoms. The van der Waals surface area contributed by atoms with Crippen LogP contribution in [0.3, 0.4) is 0 Å². The van der Waals surface area contributed by atoms with Gasteiger partial charge in [0.25, 0.3) is 5.91 Å². The van der Waals surface area contributed by atoms with Crippen LogP contribution >= 0.6 is 34.3 Å². The number of thiophene rings is 1. The SMILES string of the molecule is Cc1cc2sc(=NC(=O)c3ccc(Cl)s3)n(C)c2cc1C. The predicted octanol–water partition coefficient (Wildman–Crippen LogP) is 4.31. The van der Waals surface area contributed by atoms with Crippen LogP contribution in [0.1, 0.15) is 20.8 Å². The Morgan fingerprint density at radius 2 is 1.90 bits per heavy atom. The normalized spacial score (nSPS) is 12.3. The third kappa shape index (κ3) is 2.69. The molecule has 6 heteroatoms. The van der Waals surface area contributed by atoms with Gasteiger partial charge in [-0.1, -0.05) is 22.9 Å². The van der Waals surface area contributed by atoms with Crippen LogP contribution in [0.25, 0.3) is 10.2 Å². The number of amides is 1. The average Bonchev–Trinajstić information content (AvgIpc) is 2.98. The van der Waals surface area contributed by atoms with Crippen molar-refractivity contribution in [3.8, 4) is 0 Å². The zero-order valence-corrected chi connectivity index (χ0v) is 14.2. The summed E-state index contributed by atoms with van der Waals surface area (Å²) in [6.07, 6.45) is 0. The van der Waals surface area contributed by atoms with E-state index in [0.29, 0.717) is 14.0 Å². The van der Waals surface area contributed by atoms with Gasteiger partial charge in [0.05, 0.1) is 19.4 Å². The summed E-state index contributed by atoms with van der Waals surface area (Å²) in [5.74, 6) is -0.248. The van der Waals surface area contributed by atoms with Gasteiger partial charge in [-0.25, -0.2) is 0 Å². The number of rotatable bonds is 1. The number of aromatic nitrogens is 1. The summed E-state index contributed by atoms with van der Waals surface area (Å²) in [4.78, 5) is 17.7. The Bertz CT molecular complexity index is 918. The highest BCUT2D eigenvalue weighted by Gasteiger charge is 2.10. The van der Waals surface area contributed by atoms with Gasteiger partial charge in [0.1, 0.15) is 0 Å². The fourth-order valence-corrected chi connectivity index (χ4v) is 4.08. The molecule has 0 aliphatic carbocycles. The number of nitrogens with zero attached hydrogens (tertiary/aromatic N) is 2. The number of hydrogen-bond donors (Lipinski definition) is 0. The fraction of sp³-hybridized carbons (Fsp3) is 0.200. The monoisotopic (exact) mass is 336 g/mol. The smallest absolute Gasteiger partial charge is 0.289 e. The van der Waals surface area contributed by atoms with E-state index in [1.165, 1.54) is 33.8 Å². The summed E-state index contributed by atoms with van der Waals surface area (Å²) in [6.45, 7) is 4.17. The fourth-order valence-electron chi connectivity index (χ4n) is 2.06. The molecule has 1 aromatic carbocycles. The first-order valence-electron chi connectivity index (χ1n) is 6.37. The van der Waals surface area contributed by atoms with E-state index in [1.807, 2.05) is 11.6 Å². The van der Waals surface area contributed by atoms with E-state index in [0.717, 1.165) is 10.2 Å². The van der Waals surface area contributed by atoms with Crippen molar-refractivity contribution in [2.45, 2.75) is 13.8 Å². The summed E-state index contributed by atoms with van der Waals surface area (Å²) < 4.78 is 3.69. The van der Waals surface area contributed by atoms with Crippen molar-refractivity contribution in [3.05, 3.63) is 49.4 Å². The highest BCUT2D eigenvalue weighted by Crippen LogP contribution is 2.23. The van der Waals surface area contributed by atoms with Crippen LogP contribution in [0.4, 0.5) is 0 Å². The molecule has 0 radical (unpaired) electrons. The predicted molar refractivity (Wildman–Crippen MR) is 89.5 cm³/mol. The second kappa shape index (κ2) is 5.40. The minimum atomic E-state index is -0.248. The van der Waals surface area contributed by atoms with E-state index < -0.39 is 0 Å². The van der Waals surface area contributed by atoms with Crippen LogP contribution in [0, 0.1) is 13.8 Å². The lowest BCUT2D eigenvalue weighted by Gasteiger charge is -2.00. The van der Waals surface area contributed by atoms with E-state index in [1.54, 1.807) is 12.1 Å². The van der Waals surface area contributed by atoms with Gasteiger partial charge in [0.15, 0.2) is 4.80 Å². The summed E-state index contributed by atoms with van der Waals surface area (Å²) in [6, 6.07) is 7.70. The van der Waals surface area contributed by atoms with Crippen LogP contribution in [0.5, 0.6) is 0 Å². The van der Waals surface area contributed by atoms with Crippen molar-refractivity contribution in [3.63, 3.8) is 0 Å². The largest absolute Gasteiger partial charge is 0.319 e. The topological polar surface area (TPSA) is 34.4 Å². The molecule has 0 aliphatic rings. The van der Waals surface area contributed by atoms with Crippen LogP contribution in [-0.2, 0) is 7.05 Å². The molecule has 0 saturated heterocycles. The highest BCUT2D eigenvalue weighted by molar-refractivity contribution is 7.18. The Morgan fingerprint density at radius 3 is 2.57 bits per heavy atom. The van der Waals surface area contributed by atoms with Gasteiger partial charge < -0.3 is 4.57 Å². The van der Waals surface area contributed by atoms with Crippen molar-refractivity contribution in [1.29, 1.82) is 0 Å². The van der Waals surface area contributed by atoms with Gasteiger partial charge in [0.2, 0.25) is 0 Å². The molecule has 0 unspecified atom stereocenters. The first-order valence-corrected chi connectivity index (χ1v) is 8.38. The zero-order valence-electron chi connectivity index (χ0n) is 11.8. The quantitative estimate of drug-likeness (QED) is 0.652. The molecule has 0 fully saturated rings. The first kappa shape index (κ1) is 14.5. The summed E-state index contributed by atoms with van der Waals surface area (Å²) in [7, 11) is 1.93. The maximum atomic E-state index is 12.2. The number of carbonyl (C=O) groups excluding carboxylic acids is 1. The van der Waals surface area contributed by atoms with Crippen LogP contribution in [0.15, 0.2) is 29.3 Å². The number of hydrogen-bond acceptors (Lipinski definition) is 3. The minimum absolute atomic E-state index is 0.248. The van der Waals surface area contributed by atoms with E-state index >= 15 is 0 Å². The first-order chi connectivity index (χ1) is 9.95. The number of fused-ring (bicyclic) bond motifs is 1. The molecule has 108 valence electrons. The number of benzene rings is 1. The molecule has 0 saturated carbocycles. The van der Waals surface area contributed by atoms with Gasteiger partial charge >= 0.3 is 0 Å². The maximum absolute atomic E-state index is 12.2. The van der Waals surface area contributed by atoms with Gasteiger partial charge in [-0.15, -0.1) is 11.3 Å². The van der Waals surface area contributed by atoms with E-state index in [9.17, 15) is 4.79 Å². The number of carbonyl (C=O) groups is 1. The van der Waals surface area contributed by atoms with Crippen molar-refractivity contribution < 1.29 is 4.79 Å². The van der Waals surface area contributed by atoms with E-state index in [-0.39, 0.29) is 5.91 Å². The standard InChI is InChI=1S/C15H13ClN2OS2/c1-8-6-10-12(7-9(8)2)21-15(18(10)3)17-14(19)11-4-5-13(16)20-11/h4-7H,1-3H3. The molecule has 21 heavy (non-hydrogen) atoms. The molecule has 2 aromatic heterocycles. The van der Waals surface area contributed by atoms with E-state index in [4.69, 9.17) is 11.6 Å². The second-order valence-electron chi connectivity index (χ2n) is 4.87. The van der Waals surface area contributed by atoms with Crippen LogP contribution in [0.2, 0.25) is 4.34 Å². The summed E-state index contributed by atoms with van der Waals surface area (Å²) in [5, 5.41) is 0. The van der Waals surface area contributed by atoms with Crippen LogP contribution < -0.4 is 4.80 Å². The lowest BCUT2D eigenvalue weighted by atomic mass is 10.1. The molecule has 0 N–H and O–H groups in total. The van der Waals surface area contributed by atoms with E-state index in [2.05, 4.69) is 31.0 Å². The minimum Gasteiger partial charge on any atom is -0.319 e. The number of thiazole rings is 1. The summed E-state index contributed by atoms with van der Waals surface area (Å²) in [5.41, 5.74) is 3.57. The molecule has 3 rings (SSSR count). The zero-order chi connectivity index (χ0) is 15.1. The lowest BCUT2D eigenvalue weighted by molar-refractivity contribution is 0.100. The van der Waals surface area contributed by atoms with Gasteiger partial charge in [-0.2, -0.15) is 4.99 Å². The average molecular weight is 337 g/mol. The maximum Gasteiger partial charge on any atom is 0.289 e. The molecule has 3 aromatic rings. The van der Waals surface area contributed by atoms with Crippen molar-refractivity contribution in [2.75, 3.05) is 0 Å². The molecule has 1 amide bonds. The third-order valence-electron chi connectivity index (χ3n) is 3.41. The van der Waals surface area contributed by atoms with Crippen LogP contribution in [-0.4, -0.2) is 10.5 Å². The number of aryl methyl sites for hydroxylation is 3. The van der Waals surface area contributed by atoms with Gasteiger partial charge in [-0.05, 0) is 49.2 Å². The molecule has 3 nitrogen and oxygen atoms in total.